The third kappa shape index (κ3) is 3.60. The lowest BCUT2D eigenvalue weighted by Crippen LogP contribution is -2.66. The van der Waals surface area contributed by atoms with Crippen LogP contribution in [-0.2, 0) is 4.79 Å². The van der Waals surface area contributed by atoms with Gasteiger partial charge in [-0.2, -0.15) is 5.26 Å². The molecule has 0 spiro atoms. The van der Waals surface area contributed by atoms with Crippen molar-refractivity contribution < 1.29 is 14.7 Å². The van der Waals surface area contributed by atoms with Crippen LogP contribution in [0.4, 0.5) is 0 Å². The van der Waals surface area contributed by atoms with E-state index in [-0.39, 0.29) is 30.3 Å². The van der Waals surface area contributed by atoms with Crippen LogP contribution in [0.1, 0.15) is 41.1 Å². The second-order valence-corrected chi connectivity index (χ2v) is 8.59. The van der Waals surface area contributed by atoms with Crippen LogP contribution in [0.3, 0.4) is 0 Å². The number of benzene rings is 2. The van der Waals surface area contributed by atoms with Crippen molar-refractivity contribution >= 4 is 11.8 Å². The minimum absolute atomic E-state index is 0.00266. The van der Waals surface area contributed by atoms with Gasteiger partial charge in [0.15, 0.2) is 0 Å². The van der Waals surface area contributed by atoms with Gasteiger partial charge in [0.05, 0.1) is 18.7 Å². The second-order valence-electron chi connectivity index (χ2n) is 8.59. The predicted molar refractivity (Wildman–Crippen MR) is 117 cm³/mol. The number of aliphatic hydroxyl groups is 1. The van der Waals surface area contributed by atoms with Gasteiger partial charge in [0, 0.05) is 31.5 Å². The molecule has 2 aromatic carbocycles. The number of amides is 2. The van der Waals surface area contributed by atoms with E-state index in [1.165, 1.54) is 4.90 Å². The Morgan fingerprint density at radius 3 is 2.35 bits per heavy atom. The Bertz CT molecular complexity index is 1020. The lowest BCUT2D eigenvalue weighted by atomic mass is 9.71. The molecule has 1 aliphatic heterocycles. The summed E-state index contributed by atoms with van der Waals surface area (Å²) < 4.78 is 0. The van der Waals surface area contributed by atoms with Crippen LogP contribution < -0.4 is 0 Å². The molecule has 2 aliphatic rings. The SMILES string of the molecule is CN(C)C(=O)c1ccc(-c2ccccc2[C@H]2[C@@H](CO)N(C(=O)C3CCC3)[C@H]2C#N)cc1. The minimum Gasteiger partial charge on any atom is -0.394 e. The summed E-state index contributed by atoms with van der Waals surface area (Å²) in [6.45, 7) is -0.175. The van der Waals surface area contributed by atoms with Crippen LogP contribution in [0.25, 0.3) is 11.1 Å². The van der Waals surface area contributed by atoms with Gasteiger partial charge in [0.25, 0.3) is 5.91 Å². The number of carbonyl (C=O) groups is 2. The highest BCUT2D eigenvalue weighted by atomic mass is 16.3. The van der Waals surface area contributed by atoms with Crippen LogP contribution in [0.2, 0.25) is 0 Å². The van der Waals surface area contributed by atoms with Crippen molar-refractivity contribution in [3.8, 4) is 17.2 Å². The summed E-state index contributed by atoms with van der Waals surface area (Å²) in [5.74, 6) is -0.327. The third-order valence-corrected chi connectivity index (χ3v) is 6.61. The quantitative estimate of drug-likeness (QED) is 0.810. The summed E-state index contributed by atoms with van der Waals surface area (Å²) in [6, 6.07) is 16.5. The Balaban J connectivity index is 1.66. The van der Waals surface area contributed by atoms with Crippen LogP contribution in [-0.4, -0.2) is 59.5 Å². The Hall–Kier alpha value is -3.17. The lowest BCUT2D eigenvalue weighted by molar-refractivity contribution is -0.154. The van der Waals surface area contributed by atoms with Crippen molar-refractivity contribution in [2.45, 2.75) is 37.3 Å². The molecule has 0 unspecified atom stereocenters. The molecule has 0 bridgehead atoms. The molecule has 2 amide bonds. The molecular weight excluding hydrogens is 390 g/mol. The van der Waals surface area contributed by atoms with Gasteiger partial charge in [0.1, 0.15) is 6.04 Å². The van der Waals surface area contributed by atoms with Gasteiger partial charge < -0.3 is 14.9 Å². The summed E-state index contributed by atoms with van der Waals surface area (Å²) in [4.78, 5) is 28.2. The highest BCUT2D eigenvalue weighted by Gasteiger charge is 2.53. The molecule has 4 rings (SSSR count). The molecule has 1 N–H and O–H groups in total. The van der Waals surface area contributed by atoms with Crippen LogP contribution in [0.5, 0.6) is 0 Å². The molecule has 2 fully saturated rings. The Kier molecular flexibility index (Phi) is 5.79. The van der Waals surface area contributed by atoms with Crippen LogP contribution in [0, 0.1) is 17.2 Å². The van der Waals surface area contributed by atoms with Crippen molar-refractivity contribution in [2.75, 3.05) is 20.7 Å². The van der Waals surface area contributed by atoms with E-state index in [0.29, 0.717) is 5.56 Å². The van der Waals surface area contributed by atoms with Crippen molar-refractivity contribution in [3.63, 3.8) is 0 Å². The molecule has 6 nitrogen and oxygen atoms in total. The Morgan fingerprint density at radius 2 is 1.81 bits per heavy atom. The Morgan fingerprint density at radius 1 is 1.13 bits per heavy atom. The molecule has 6 heteroatoms. The zero-order chi connectivity index (χ0) is 22.1. The first-order chi connectivity index (χ1) is 15.0. The monoisotopic (exact) mass is 417 g/mol. The predicted octanol–water partition coefficient (Wildman–Crippen LogP) is 3.03. The zero-order valence-corrected chi connectivity index (χ0v) is 17.9. The molecule has 2 aromatic rings. The van der Waals surface area contributed by atoms with Gasteiger partial charge in [-0.05, 0) is 41.7 Å². The number of hydrogen-bond acceptors (Lipinski definition) is 4. The zero-order valence-electron chi connectivity index (χ0n) is 17.9. The van der Waals surface area contributed by atoms with Gasteiger partial charge >= 0.3 is 0 Å². The first-order valence-electron chi connectivity index (χ1n) is 10.7. The fourth-order valence-electron chi connectivity index (χ4n) is 4.65. The number of nitrogens with zero attached hydrogens (tertiary/aromatic N) is 3. The minimum atomic E-state index is -0.582. The van der Waals surface area contributed by atoms with Crippen molar-refractivity contribution in [1.29, 1.82) is 5.26 Å². The van der Waals surface area contributed by atoms with E-state index >= 15 is 0 Å². The molecule has 1 saturated heterocycles. The average molecular weight is 418 g/mol. The topological polar surface area (TPSA) is 84.6 Å². The third-order valence-electron chi connectivity index (χ3n) is 6.61. The second kappa shape index (κ2) is 8.52. The van der Waals surface area contributed by atoms with E-state index in [2.05, 4.69) is 6.07 Å². The van der Waals surface area contributed by atoms with Crippen LogP contribution >= 0.6 is 0 Å². The molecule has 0 aromatic heterocycles. The van der Waals surface area contributed by atoms with Gasteiger partial charge in [-0.1, -0.05) is 42.8 Å². The molecular formula is C25H27N3O3. The lowest BCUT2D eigenvalue weighted by Gasteiger charge is -2.53. The summed E-state index contributed by atoms with van der Waals surface area (Å²) >= 11 is 0. The summed E-state index contributed by atoms with van der Waals surface area (Å²) in [5.41, 5.74) is 3.43. The van der Waals surface area contributed by atoms with Crippen molar-refractivity contribution in [3.05, 3.63) is 59.7 Å². The maximum absolute atomic E-state index is 12.9. The molecule has 1 aliphatic carbocycles. The molecule has 160 valence electrons. The summed E-state index contributed by atoms with van der Waals surface area (Å²) in [5, 5.41) is 20.0. The van der Waals surface area contributed by atoms with Crippen molar-refractivity contribution in [2.24, 2.45) is 5.92 Å². The highest BCUT2D eigenvalue weighted by molar-refractivity contribution is 5.94. The fraction of sp³-hybridized carbons (Fsp3) is 0.400. The van der Waals surface area contributed by atoms with E-state index < -0.39 is 12.1 Å². The van der Waals surface area contributed by atoms with Gasteiger partial charge in [-0.25, -0.2) is 0 Å². The normalized spacial score (nSPS) is 22.8. The number of aliphatic hydroxyl groups excluding tert-OH is 1. The van der Waals surface area contributed by atoms with E-state index in [1.54, 1.807) is 31.1 Å². The molecule has 0 radical (unpaired) electrons. The average Bonchev–Trinajstić information content (AvgIpc) is 2.72. The number of rotatable bonds is 5. The number of hydrogen-bond donors (Lipinski definition) is 1. The first kappa shape index (κ1) is 21.1. The van der Waals surface area contributed by atoms with Gasteiger partial charge in [0.2, 0.25) is 5.91 Å². The van der Waals surface area contributed by atoms with Crippen molar-refractivity contribution in [1.82, 2.24) is 9.80 Å². The number of nitriles is 1. The fourth-order valence-corrected chi connectivity index (χ4v) is 4.65. The van der Waals surface area contributed by atoms with E-state index in [1.807, 2.05) is 36.4 Å². The largest absolute Gasteiger partial charge is 0.394 e. The molecule has 1 saturated carbocycles. The number of likely N-dealkylation sites (tertiary alicyclic amines) is 1. The Labute approximate surface area is 182 Å². The smallest absolute Gasteiger partial charge is 0.253 e. The van der Waals surface area contributed by atoms with E-state index in [0.717, 1.165) is 36.0 Å². The van der Waals surface area contributed by atoms with E-state index in [4.69, 9.17) is 0 Å². The first-order valence-corrected chi connectivity index (χ1v) is 10.7. The maximum atomic E-state index is 12.9. The van der Waals surface area contributed by atoms with E-state index in [9.17, 15) is 20.0 Å². The number of carbonyl (C=O) groups excluding carboxylic acids is 2. The standard InChI is InChI=1S/C25H27N3O3/c1-27(2)24(30)18-12-10-16(11-13-18)19-8-3-4-9-20(19)23-21(14-26)28(22(23)15-29)25(31)17-6-5-7-17/h3-4,8-13,17,21-23,29H,5-7,15H2,1-2H3/t21-,22+,23+/m0/s1. The molecule has 1 heterocycles. The molecule has 3 atom stereocenters. The summed E-state index contributed by atoms with van der Waals surface area (Å²) in [7, 11) is 3.44. The highest BCUT2D eigenvalue weighted by Crippen LogP contribution is 2.46. The maximum Gasteiger partial charge on any atom is 0.253 e. The summed E-state index contributed by atoms with van der Waals surface area (Å²) in [6.07, 6.45) is 2.78. The van der Waals surface area contributed by atoms with Crippen LogP contribution in [0.15, 0.2) is 48.5 Å². The van der Waals surface area contributed by atoms with Gasteiger partial charge in [-0.15, -0.1) is 0 Å². The van der Waals surface area contributed by atoms with Gasteiger partial charge in [-0.3, -0.25) is 9.59 Å². The molecule has 31 heavy (non-hydrogen) atoms.